The minimum atomic E-state index is -4.62. The average Bonchev–Trinajstić information content (AvgIpc) is 2.94. The Kier molecular flexibility index (Phi) is 4.64. The number of fused-ring (bicyclic) bond motifs is 1. The van der Waals surface area contributed by atoms with Crippen molar-refractivity contribution in [1.82, 2.24) is 4.98 Å². The molecule has 0 bridgehead atoms. The van der Waals surface area contributed by atoms with Crippen molar-refractivity contribution in [1.29, 1.82) is 0 Å². The molecule has 0 fully saturated rings. The molecule has 1 heterocycles. The van der Waals surface area contributed by atoms with Gasteiger partial charge in [0.15, 0.2) is 5.13 Å². The second-order valence-corrected chi connectivity index (χ2v) is 6.41. The number of hydrogen-bond donors (Lipinski definition) is 2. The smallest absolute Gasteiger partial charge is 0.322 e. The van der Waals surface area contributed by atoms with Gasteiger partial charge < -0.3 is 10.6 Å². The highest BCUT2D eigenvalue weighted by atomic mass is 32.1. The molecule has 0 aliphatic heterocycles. The molecule has 5 nitrogen and oxygen atoms in total. The number of rotatable bonds is 3. The molecule has 0 atom stereocenters. The van der Waals surface area contributed by atoms with Gasteiger partial charge in [-0.05, 0) is 30.3 Å². The van der Waals surface area contributed by atoms with E-state index in [-0.39, 0.29) is 5.91 Å². The summed E-state index contributed by atoms with van der Waals surface area (Å²) in [6.45, 7) is 1.36. The fourth-order valence-corrected chi connectivity index (χ4v) is 3.28. The van der Waals surface area contributed by atoms with Crippen molar-refractivity contribution in [2.45, 2.75) is 13.1 Å². The van der Waals surface area contributed by atoms with Crippen LogP contribution in [0, 0.1) is 0 Å². The topological polar surface area (TPSA) is 71.1 Å². The first-order valence-corrected chi connectivity index (χ1v) is 8.21. The zero-order valence-electron chi connectivity index (χ0n) is 13.3. The van der Waals surface area contributed by atoms with Gasteiger partial charge in [0.2, 0.25) is 5.91 Å². The fraction of sp³-hybridized carbons (Fsp3) is 0.118. The van der Waals surface area contributed by atoms with E-state index in [1.54, 1.807) is 12.1 Å². The maximum atomic E-state index is 13.0. The Morgan fingerprint density at radius 1 is 1.08 bits per heavy atom. The molecule has 0 radical (unpaired) electrons. The third-order valence-electron chi connectivity index (χ3n) is 3.41. The van der Waals surface area contributed by atoms with Crippen LogP contribution in [0.15, 0.2) is 42.5 Å². The van der Waals surface area contributed by atoms with E-state index >= 15 is 0 Å². The lowest BCUT2D eigenvalue weighted by atomic mass is 10.1. The lowest BCUT2D eigenvalue weighted by Gasteiger charge is -2.12. The molecule has 0 saturated heterocycles. The number of thiazole rings is 1. The van der Waals surface area contributed by atoms with Crippen LogP contribution in [-0.4, -0.2) is 16.8 Å². The van der Waals surface area contributed by atoms with Gasteiger partial charge in [-0.3, -0.25) is 9.59 Å². The van der Waals surface area contributed by atoms with Crippen LogP contribution < -0.4 is 10.6 Å². The number of carbonyl (C=O) groups is 2. The molecule has 2 N–H and O–H groups in total. The molecule has 0 spiro atoms. The summed E-state index contributed by atoms with van der Waals surface area (Å²) in [6, 6.07) is 9.32. The highest BCUT2D eigenvalue weighted by molar-refractivity contribution is 7.22. The fourth-order valence-electron chi connectivity index (χ4n) is 2.33. The number of anilines is 2. The molecule has 9 heteroatoms. The molecule has 2 amide bonds. The van der Waals surface area contributed by atoms with Gasteiger partial charge in [-0.2, -0.15) is 13.2 Å². The first-order chi connectivity index (χ1) is 12.2. The highest BCUT2D eigenvalue weighted by Crippen LogP contribution is 2.33. The molecular formula is C17H12F3N3O2S. The number of alkyl halides is 3. The average molecular weight is 379 g/mol. The maximum Gasteiger partial charge on any atom is 0.417 e. The van der Waals surface area contributed by atoms with Crippen LogP contribution in [0.3, 0.4) is 0 Å². The van der Waals surface area contributed by atoms with Gasteiger partial charge >= 0.3 is 6.18 Å². The molecule has 26 heavy (non-hydrogen) atoms. The lowest BCUT2D eigenvalue weighted by Crippen LogP contribution is -2.18. The Bertz CT molecular complexity index is 998. The van der Waals surface area contributed by atoms with Crippen LogP contribution in [0.5, 0.6) is 0 Å². The van der Waals surface area contributed by atoms with Crippen molar-refractivity contribution >= 4 is 44.2 Å². The summed E-state index contributed by atoms with van der Waals surface area (Å²) in [4.78, 5) is 27.6. The highest BCUT2D eigenvalue weighted by Gasteiger charge is 2.34. The number of amides is 2. The predicted molar refractivity (Wildman–Crippen MR) is 93.3 cm³/mol. The zero-order chi connectivity index (χ0) is 18.9. The largest absolute Gasteiger partial charge is 0.417 e. The van der Waals surface area contributed by atoms with E-state index < -0.39 is 23.2 Å². The van der Waals surface area contributed by atoms with E-state index in [1.807, 2.05) is 0 Å². The molecule has 0 aliphatic rings. The molecule has 2 aromatic carbocycles. The van der Waals surface area contributed by atoms with Crippen LogP contribution in [0.4, 0.5) is 24.0 Å². The van der Waals surface area contributed by atoms with Gasteiger partial charge in [0.1, 0.15) is 0 Å². The van der Waals surface area contributed by atoms with E-state index in [4.69, 9.17) is 0 Å². The van der Waals surface area contributed by atoms with Gasteiger partial charge in [-0.15, -0.1) is 0 Å². The number of benzene rings is 2. The minimum Gasteiger partial charge on any atom is -0.322 e. The molecular weight excluding hydrogens is 367 g/mol. The van der Waals surface area contributed by atoms with Gasteiger partial charge in [0.05, 0.1) is 21.3 Å². The first kappa shape index (κ1) is 17.9. The second kappa shape index (κ2) is 6.75. The monoisotopic (exact) mass is 379 g/mol. The summed E-state index contributed by atoms with van der Waals surface area (Å²) >= 11 is 1.20. The summed E-state index contributed by atoms with van der Waals surface area (Å²) < 4.78 is 39.8. The third kappa shape index (κ3) is 3.83. The number of nitrogens with zero attached hydrogens (tertiary/aromatic N) is 1. The number of hydrogen-bond acceptors (Lipinski definition) is 4. The molecule has 134 valence electrons. The Morgan fingerprint density at radius 3 is 2.50 bits per heavy atom. The van der Waals surface area contributed by atoms with Crippen molar-refractivity contribution in [2.75, 3.05) is 10.6 Å². The standard InChI is InChI=1S/C17H12F3N3O2S/c1-9(24)21-16-23-13-7-6-10(8-14(13)26-16)22-15(25)11-4-2-3-5-12(11)17(18,19)20/h2-8H,1H3,(H,22,25)(H,21,23,24). The van der Waals surface area contributed by atoms with Gasteiger partial charge in [-0.25, -0.2) is 4.98 Å². The number of halogens is 3. The molecule has 1 aromatic heterocycles. The predicted octanol–water partition coefficient (Wildman–Crippen LogP) is 4.53. The molecule has 0 unspecified atom stereocenters. The van der Waals surface area contributed by atoms with Crippen molar-refractivity contribution in [2.24, 2.45) is 0 Å². The van der Waals surface area contributed by atoms with Gasteiger partial charge in [-0.1, -0.05) is 23.5 Å². The first-order valence-electron chi connectivity index (χ1n) is 7.40. The summed E-state index contributed by atoms with van der Waals surface area (Å²) in [7, 11) is 0. The van der Waals surface area contributed by atoms with Crippen molar-refractivity contribution < 1.29 is 22.8 Å². The molecule has 0 aliphatic carbocycles. The number of aromatic nitrogens is 1. The quantitative estimate of drug-likeness (QED) is 0.703. The Balaban J connectivity index is 1.87. The summed E-state index contributed by atoms with van der Waals surface area (Å²) in [5, 5.41) is 5.43. The lowest BCUT2D eigenvalue weighted by molar-refractivity contribution is -0.137. The minimum absolute atomic E-state index is 0.263. The van der Waals surface area contributed by atoms with E-state index in [9.17, 15) is 22.8 Å². The molecule has 3 aromatic rings. The Hall–Kier alpha value is -2.94. The normalized spacial score (nSPS) is 11.4. The van der Waals surface area contributed by atoms with Crippen LogP contribution >= 0.6 is 11.3 Å². The van der Waals surface area contributed by atoms with Crippen molar-refractivity contribution in [3.05, 3.63) is 53.6 Å². The Morgan fingerprint density at radius 2 is 1.81 bits per heavy atom. The maximum absolute atomic E-state index is 13.0. The summed E-state index contributed by atoms with van der Waals surface area (Å²) in [5.74, 6) is -1.12. The van der Waals surface area contributed by atoms with E-state index in [2.05, 4.69) is 15.6 Å². The van der Waals surface area contributed by atoms with Crippen molar-refractivity contribution in [3.8, 4) is 0 Å². The van der Waals surface area contributed by atoms with Crippen LogP contribution in [-0.2, 0) is 11.0 Å². The Labute approximate surface area is 149 Å². The SMILES string of the molecule is CC(=O)Nc1nc2ccc(NC(=O)c3ccccc3C(F)(F)F)cc2s1. The molecule has 3 rings (SSSR count). The van der Waals surface area contributed by atoms with Crippen molar-refractivity contribution in [3.63, 3.8) is 0 Å². The van der Waals surface area contributed by atoms with Gasteiger partial charge in [0.25, 0.3) is 5.91 Å². The summed E-state index contributed by atoms with van der Waals surface area (Å²) in [5.41, 5.74) is -0.516. The number of nitrogens with one attached hydrogen (secondary N) is 2. The zero-order valence-corrected chi connectivity index (χ0v) is 14.2. The second-order valence-electron chi connectivity index (χ2n) is 5.38. The van der Waals surface area contributed by atoms with Gasteiger partial charge in [0, 0.05) is 12.6 Å². The van der Waals surface area contributed by atoms with E-state index in [0.717, 1.165) is 12.1 Å². The summed E-state index contributed by atoms with van der Waals surface area (Å²) in [6.07, 6.45) is -4.62. The van der Waals surface area contributed by atoms with Crippen LogP contribution in [0.25, 0.3) is 10.2 Å². The van der Waals surface area contributed by atoms with Crippen LogP contribution in [0.1, 0.15) is 22.8 Å². The van der Waals surface area contributed by atoms with E-state index in [0.29, 0.717) is 21.0 Å². The van der Waals surface area contributed by atoms with E-state index in [1.165, 1.54) is 36.5 Å². The number of carbonyl (C=O) groups excluding carboxylic acids is 2. The molecule has 0 saturated carbocycles. The van der Waals surface area contributed by atoms with Crippen LogP contribution in [0.2, 0.25) is 0 Å². The third-order valence-corrected chi connectivity index (χ3v) is 4.34.